The molecule has 108 valence electrons. The van der Waals surface area contributed by atoms with Gasteiger partial charge in [-0.05, 0) is 31.2 Å². The molecule has 0 aliphatic rings. The van der Waals surface area contributed by atoms with Crippen molar-refractivity contribution in [3.8, 4) is 6.07 Å². The van der Waals surface area contributed by atoms with Crippen LogP contribution in [-0.2, 0) is 4.79 Å². The molecule has 5 heteroatoms. The van der Waals surface area contributed by atoms with Gasteiger partial charge in [0.05, 0.1) is 11.3 Å². The van der Waals surface area contributed by atoms with Crippen molar-refractivity contribution in [3.05, 3.63) is 23.8 Å². The Morgan fingerprint density at radius 2 is 2.20 bits per heavy atom. The van der Waals surface area contributed by atoms with Crippen LogP contribution in [0.15, 0.2) is 23.1 Å². The zero-order chi connectivity index (χ0) is 15.2. The smallest absolute Gasteiger partial charge is 0.329 e. The van der Waals surface area contributed by atoms with E-state index in [9.17, 15) is 15.2 Å². The Morgan fingerprint density at radius 3 is 2.70 bits per heavy atom. The van der Waals surface area contributed by atoms with E-state index in [1.54, 1.807) is 24.8 Å². The maximum Gasteiger partial charge on any atom is 0.329 e. The number of nitriles is 1. The van der Waals surface area contributed by atoms with Crippen LogP contribution in [0.4, 0.5) is 5.69 Å². The summed E-state index contributed by atoms with van der Waals surface area (Å²) in [7, 11) is 0. The SMILES string of the molecule is CCCC(C)(Nc1cccc(SCC)c1C#N)C(=O)O. The van der Waals surface area contributed by atoms with Crippen molar-refractivity contribution in [2.45, 2.75) is 44.0 Å². The molecule has 1 aromatic rings. The minimum Gasteiger partial charge on any atom is -0.480 e. The van der Waals surface area contributed by atoms with E-state index in [0.29, 0.717) is 17.7 Å². The van der Waals surface area contributed by atoms with Gasteiger partial charge in [-0.25, -0.2) is 4.79 Å². The normalized spacial score (nSPS) is 13.3. The quantitative estimate of drug-likeness (QED) is 0.749. The van der Waals surface area contributed by atoms with E-state index in [-0.39, 0.29) is 0 Å². The van der Waals surface area contributed by atoms with Crippen LogP contribution in [0.25, 0.3) is 0 Å². The second-order valence-corrected chi connectivity index (χ2v) is 6.04. The molecule has 1 unspecified atom stereocenters. The molecule has 0 aromatic heterocycles. The van der Waals surface area contributed by atoms with Crippen LogP contribution in [0.2, 0.25) is 0 Å². The molecule has 1 rings (SSSR count). The van der Waals surface area contributed by atoms with Gasteiger partial charge in [-0.2, -0.15) is 5.26 Å². The molecular formula is C15H20N2O2S. The predicted molar refractivity (Wildman–Crippen MR) is 82.1 cm³/mol. The molecule has 0 radical (unpaired) electrons. The Morgan fingerprint density at radius 1 is 1.50 bits per heavy atom. The Balaban J connectivity index is 3.17. The molecule has 1 atom stereocenters. The standard InChI is InChI=1S/C15H20N2O2S/c1-4-9-15(3,14(18)19)17-12-7-6-8-13(20-5-2)11(12)10-16/h6-8,17H,4-5,9H2,1-3H3,(H,18,19). The lowest BCUT2D eigenvalue weighted by atomic mass is 9.95. The topological polar surface area (TPSA) is 73.1 Å². The fraction of sp³-hybridized carbons (Fsp3) is 0.467. The molecule has 0 heterocycles. The summed E-state index contributed by atoms with van der Waals surface area (Å²) in [5.41, 5.74) is 0.0442. The van der Waals surface area contributed by atoms with Gasteiger partial charge in [0.25, 0.3) is 0 Å². The second-order valence-electron chi connectivity index (χ2n) is 4.74. The molecule has 0 saturated heterocycles. The van der Waals surface area contributed by atoms with Gasteiger partial charge in [0.15, 0.2) is 0 Å². The van der Waals surface area contributed by atoms with Gasteiger partial charge < -0.3 is 10.4 Å². The third-order valence-electron chi connectivity index (χ3n) is 3.07. The summed E-state index contributed by atoms with van der Waals surface area (Å²) >= 11 is 1.58. The number of rotatable bonds is 7. The minimum absolute atomic E-state index is 0.498. The fourth-order valence-electron chi connectivity index (χ4n) is 2.05. The van der Waals surface area contributed by atoms with Gasteiger partial charge in [0.2, 0.25) is 0 Å². The number of anilines is 1. The highest BCUT2D eigenvalue weighted by molar-refractivity contribution is 7.99. The van der Waals surface area contributed by atoms with Gasteiger partial charge in [0, 0.05) is 4.90 Å². The summed E-state index contributed by atoms with van der Waals surface area (Å²) in [4.78, 5) is 12.4. The maximum absolute atomic E-state index is 11.5. The highest BCUT2D eigenvalue weighted by Crippen LogP contribution is 2.30. The summed E-state index contributed by atoms with van der Waals surface area (Å²) in [6.45, 7) is 5.61. The van der Waals surface area contributed by atoms with Crippen molar-refractivity contribution in [1.82, 2.24) is 0 Å². The molecule has 0 aliphatic heterocycles. The van der Waals surface area contributed by atoms with E-state index >= 15 is 0 Å². The van der Waals surface area contributed by atoms with Crippen LogP contribution in [0.1, 0.15) is 39.2 Å². The highest BCUT2D eigenvalue weighted by Gasteiger charge is 2.32. The number of nitrogens with zero attached hydrogens (tertiary/aromatic N) is 1. The molecule has 0 saturated carbocycles. The predicted octanol–water partition coefficient (Wildman–Crippen LogP) is 3.73. The van der Waals surface area contributed by atoms with E-state index in [1.165, 1.54) is 0 Å². The number of carboxylic acid groups (broad SMARTS) is 1. The second kappa shape index (κ2) is 7.20. The van der Waals surface area contributed by atoms with E-state index in [0.717, 1.165) is 17.1 Å². The van der Waals surface area contributed by atoms with Gasteiger partial charge >= 0.3 is 5.97 Å². The first-order valence-corrected chi connectivity index (χ1v) is 7.64. The van der Waals surface area contributed by atoms with Crippen molar-refractivity contribution >= 4 is 23.4 Å². The molecule has 0 fully saturated rings. The molecule has 1 aromatic carbocycles. The third-order valence-corrected chi connectivity index (χ3v) is 4.01. The number of carbonyl (C=O) groups is 1. The molecule has 2 N–H and O–H groups in total. The highest BCUT2D eigenvalue weighted by atomic mass is 32.2. The number of nitrogens with one attached hydrogen (secondary N) is 1. The number of hydrogen-bond acceptors (Lipinski definition) is 4. The van der Waals surface area contributed by atoms with Crippen molar-refractivity contribution in [2.75, 3.05) is 11.1 Å². The molecular weight excluding hydrogens is 272 g/mol. The fourth-order valence-corrected chi connectivity index (χ4v) is 2.83. The summed E-state index contributed by atoms with van der Waals surface area (Å²) in [6.07, 6.45) is 1.25. The average Bonchev–Trinajstić information content (AvgIpc) is 2.39. The van der Waals surface area contributed by atoms with E-state index in [4.69, 9.17) is 0 Å². The monoisotopic (exact) mass is 292 g/mol. The number of carboxylic acids is 1. The Kier molecular flexibility index (Phi) is 5.90. The van der Waals surface area contributed by atoms with Gasteiger partial charge in [-0.1, -0.05) is 26.3 Å². The molecule has 0 aliphatic carbocycles. The number of aliphatic carboxylic acids is 1. The van der Waals surface area contributed by atoms with Gasteiger partial charge in [-0.3, -0.25) is 0 Å². The van der Waals surface area contributed by atoms with Crippen molar-refractivity contribution in [2.24, 2.45) is 0 Å². The lowest BCUT2D eigenvalue weighted by Gasteiger charge is -2.27. The van der Waals surface area contributed by atoms with Crippen LogP contribution >= 0.6 is 11.8 Å². The average molecular weight is 292 g/mol. The number of thioether (sulfide) groups is 1. The maximum atomic E-state index is 11.5. The number of hydrogen-bond donors (Lipinski definition) is 2. The Hall–Kier alpha value is -1.67. The van der Waals surface area contributed by atoms with Crippen molar-refractivity contribution < 1.29 is 9.90 Å². The first-order chi connectivity index (χ1) is 9.48. The summed E-state index contributed by atoms with van der Waals surface area (Å²) in [6, 6.07) is 7.66. The van der Waals surface area contributed by atoms with Gasteiger partial charge in [-0.15, -0.1) is 11.8 Å². The molecule has 0 amide bonds. The summed E-state index contributed by atoms with van der Waals surface area (Å²) < 4.78 is 0. The van der Waals surface area contributed by atoms with E-state index in [1.807, 2.05) is 26.0 Å². The lowest BCUT2D eigenvalue weighted by Crippen LogP contribution is -2.43. The molecule has 0 spiro atoms. The first kappa shape index (κ1) is 16.4. The van der Waals surface area contributed by atoms with Crippen LogP contribution in [0.5, 0.6) is 0 Å². The van der Waals surface area contributed by atoms with Crippen molar-refractivity contribution in [1.29, 1.82) is 5.26 Å². The minimum atomic E-state index is -1.06. The van der Waals surface area contributed by atoms with Crippen LogP contribution < -0.4 is 5.32 Å². The third kappa shape index (κ3) is 3.67. The van der Waals surface area contributed by atoms with Crippen LogP contribution in [0, 0.1) is 11.3 Å². The zero-order valence-electron chi connectivity index (χ0n) is 12.1. The zero-order valence-corrected chi connectivity index (χ0v) is 12.9. The molecule has 20 heavy (non-hydrogen) atoms. The first-order valence-electron chi connectivity index (χ1n) is 6.66. The Bertz CT molecular complexity index is 525. The number of benzene rings is 1. The molecule has 4 nitrogen and oxygen atoms in total. The summed E-state index contributed by atoms with van der Waals surface area (Å²) in [5, 5.41) is 21.8. The van der Waals surface area contributed by atoms with Gasteiger partial charge in [0.1, 0.15) is 11.6 Å². The van der Waals surface area contributed by atoms with Crippen LogP contribution in [0.3, 0.4) is 0 Å². The van der Waals surface area contributed by atoms with E-state index in [2.05, 4.69) is 11.4 Å². The summed E-state index contributed by atoms with van der Waals surface area (Å²) in [5.74, 6) is -0.0414. The lowest BCUT2D eigenvalue weighted by molar-refractivity contribution is -0.141. The van der Waals surface area contributed by atoms with E-state index < -0.39 is 11.5 Å². The Labute approximate surface area is 124 Å². The largest absolute Gasteiger partial charge is 0.480 e. The van der Waals surface area contributed by atoms with Crippen molar-refractivity contribution in [3.63, 3.8) is 0 Å². The van der Waals surface area contributed by atoms with Crippen LogP contribution in [-0.4, -0.2) is 22.4 Å². The molecule has 0 bridgehead atoms.